The molecule has 0 aromatic carbocycles. The van der Waals surface area contributed by atoms with Crippen LogP contribution in [0.1, 0.15) is 40.0 Å². The van der Waals surface area contributed by atoms with Gasteiger partial charge in [-0.05, 0) is 31.7 Å². The first-order valence-corrected chi connectivity index (χ1v) is 7.37. The lowest BCUT2D eigenvalue weighted by atomic mass is 9.93. The van der Waals surface area contributed by atoms with Gasteiger partial charge in [-0.15, -0.1) is 0 Å². The van der Waals surface area contributed by atoms with Crippen LogP contribution in [0, 0.1) is 0 Å². The zero-order chi connectivity index (χ0) is 15.5. The maximum atomic E-state index is 12.2. The molecule has 2 aromatic rings. The molecule has 0 spiro atoms. The molecule has 6 nitrogen and oxygen atoms in total. The number of amides is 1. The van der Waals surface area contributed by atoms with Crippen molar-refractivity contribution in [2.45, 2.75) is 32.2 Å². The summed E-state index contributed by atoms with van der Waals surface area (Å²) in [6.45, 7) is 0.284. The Balaban J connectivity index is 1.85. The SMILES string of the molecule is O=C(NCc1ccc[nH+]c1)c1c(O)c2c([nH]c1=O)CCCC2. The summed E-state index contributed by atoms with van der Waals surface area (Å²) in [4.78, 5) is 30.0. The van der Waals surface area contributed by atoms with Gasteiger partial charge >= 0.3 is 0 Å². The van der Waals surface area contributed by atoms with Crippen molar-refractivity contribution in [3.8, 4) is 5.75 Å². The molecule has 1 amide bonds. The fourth-order valence-corrected chi connectivity index (χ4v) is 2.78. The summed E-state index contributed by atoms with van der Waals surface area (Å²) in [6.07, 6.45) is 6.89. The van der Waals surface area contributed by atoms with Crippen LogP contribution >= 0.6 is 0 Å². The average molecular weight is 300 g/mol. The van der Waals surface area contributed by atoms with Crippen molar-refractivity contribution in [2.75, 3.05) is 0 Å². The number of hydrogen-bond acceptors (Lipinski definition) is 3. The van der Waals surface area contributed by atoms with Crippen molar-refractivity contribution in [1.82, 2.24) is 10.3 Å². The van der Waals surface area contributed by atoms with E-state index >= 15 is 0 Å². The third-order valence-corrected chi connectivity index (χ3v) is 3.93. The molecule has 114 valence electrons. The average Bonchev–Trinajstić information content (AvgIpc) is 2.54. The molecule has 2 aromatic heterocycles. The van der Waals surface area contributed by atoms with Gasteiger partial charge in [-0.25, -0.2) is 4.98 Å². The fourth-order valence-electron chi connectivity index (χ4n) is 2.78. The minimum atomic E-state index is -0.559. The first-order chi connectivity index (χ1) is 10.7. The van der Waals surface area contributed by atoms with Gasteiger partial charge in [-0.2, -0.15) is 0 Å². The number of pyridine rings is 2. The highest BCUT2D eigenvalue weighted by molar-refractivity contribution is 5.96. The van der Waals surface area contributed by atoms with E-state index in [0.717, 1.165) is 30.5 Å². The number of aryl methyl sites for hydroxylation is 1. The molecule has 0 saturated carbocycles. The van der Waals surface area contributed by atoms with Gasteiger partial charge in [-0.3, -0.25) is 9.59 Å². The zero-order valence-corrected chi connectivity index (χ0v) is 12.1. The Morgan fingerprint density at radius 3 is 2.95 bits per heavy atom. The van der Waals surface area contributed by atoms with E-state index in [4.69, 9.17) is 0 Å². The molecule has 2 heterocycles. The predicted molar refractivity (Wildman–Crippen MR) is 79.5 cm³/mol. The number of hydrogen-bond donors (Lipinski definition) is 3. The molecule has 0 radical (unpaired) electrons. The van der Waals surface area contributed by atoms with Gasteiger partial charge in [0.2, 0.25) is 0 Å². The molecule has 0 unspecified atom stereocenters. The monoisotopic (exact) mass is 300 g/mol. The van der Waals surface area contributed by atoms with E-state index in [1.807, 2.05) is 12.1 Å². The largest absolute Gasteiger partial charge is 0.507 e. The number of aromatic nitrogens is 2. The molecular formula is C16H18N3O3+. The Bertz CT molecular complexity index is 753. The van der Waals surface area contributed by atoms with Crippen LogP contribution in [0.15, 0.2) is 29.3 Å². The molecule has 4 N–H and O–H groups in total. The summed E-state index contributed by atoms with van der Waals surface area (Å²) in [5.41, 5.74) is 1.60. The Kier molecular flexibility index (Phi) is 3.91. The van der Waals surface area contributed by atoms with Crippen LogP contribution in [-0.4, -0.2) is 16.0 Å². The molecule has 0 aliphatic heterocycles. The van der Waals surface area contributed by atoms with Crippen molar-refractivity contribution < 1.29 is 14.9 Å². The highest BCUT2D eigenvalue weighted by Crippen LogP contribution is 2.28. The second-order valence-corrected chi connectivity index (χ2v) is 5.44. The van der Waals surface area contributed by atoms with Crippen LogP contribution in [0.3, 0.4) is 0 Å². The number of H-pyrrole nitrogens is 2. The first kappa shape index (κ1) is 14.3. The van der Waals surface area contributed by atoms with Crippen LogP contribution in [0.5, 0.6) is 5.75 Å². The molecule has 3 rings (SSSR count). The van der Waals surface area contributed by atoms with Gasteiger partial charge in [0, 0.05) is 29.4 Å². The van der Waals surface area contributed by atoms with Gasteiger partial charge in [-0.1, -0.05) is 0 Å². The number of carbonyl (C=O) groups excluding carboxylic acids is 1. The molecule has 6 heteroatoms. The van der Waals surface area contributed by atoms with Crippen molar-refractivity contribution in [1.29, 1.82) is 0 Å². The van der Waals surface area contributed by atoms with E-state index in [1.54, 1.807) is 12.4 Å². The third kappa shape index (κ3) is 2.72. The lowest BCUT2D eigenvalue weighted by Gasteiger charge is -2.18. The van der Waals surface area contributed by atoms with Crippen molar-refractivity contribution in [3.05, 3.63) is 57.3 Å². The van der Waals surface area contributed by atoms with Gasteiger partial charge in [0.05, 0.1) is 0 Å². The lowest BCUT2D eigenvalue weighted by molar-refractivity contribution is -0.378. The lowest BCUT2D eigenvalue weighted by Crippen LogP contribution is -2.31. The smallest absolute Gasteiger partial charge is 0.264 e. The van der Waals surface area contributed by atoms with Gasteiger partial charge in [0.25, 0.3) is 11.5 Å². The quantitative estimate of drug-likeness (QED) is 0.778. The maximum absolute atomic E-state index is 12.2. The van der Waals surface area contributed by atoms with Crippen molar-refractivity contribution in [2.24, 2.45) is 0 Å². The summed E-state index contributed by atoms with van der Waals surface area (Å²) in [5, 5.41) is 13.0. The molecule has 0 fully saturated rings. The number of aromatic amines is 2. The third-order valence-electron chi connectivity index (χ3n) is 3.93. The Morgan fingerprint density at radius 2 is 2.18 bits per heavy atom. The number of fused-ring (bicyclic) bond motifs is 1. The summed E-state index contributed by atoms with van der Waals surface area (Å²) >= 11 is 0. The summed E-state index contributed by atoms with van der Waals surface area (Å²) < 4.78 is 0. The minimum Gasteiger partial charge on any atom is -0.507 e. The number of carbonyl (C=O) groups is 1. The fraction of sp³-hybridized carbons (Fsp3) is 0.312. The number of rotatable bonds is 3. The molecule has 1 aliphatic carbocycles. The van der Waals surface area contributed by atoms with E-state index in [9.17, 15) is 14.7 Å². The van der Waals surface area contributed by atoms with Gasteiger partial charge < -0.3 is 15.4 Å². The highest BCUT2D eigenvalue weighted by atomic mass is 16.3. The summed E-state index contributed by atoms with van der Waals surface area (Å²) in [7, 11) is 0. The van der Waals surface area contributed by atoms with E-state index in [1.165, 1.54) is 0 Å². The standard InChI is InChI=1S/C16H17N3O3/c20-14-11-5-1-2-6-12(11)19-16(22)13(14)15(21)18-9-10-4-3-7-17-8-10/h3-4,7-8H,1-2,5-6,9H2,(H,18,21)(H2,19,20,22)/p+1. The van der Waals surface area contributed by atoms with E-state index < -0.39 is 11.5 Å². The van der Waals surface area contributed by atoms with Crippen LogP contribution in [0.2, 0.25) is 0 Å². The predicted octanol–water partition coefficient (Wildman–Crippen LogP) is 0.703. The molecule has 0 bridgehead atoms. The van der Waals surface area contributed by atoms with Crippen LogP contribution < -0.4 is 15.9 Å². The van der Waals surface area contributed by atoms with Gasteiger partial charge in [0.1, 0.15) is 11.3 Å². The van der Waals surface area contributed by atoms with Crippen LogP contribution in [0.4, 0.5) is 0 Å². The molecule has 0 atom stereocenters. The maximum Gasteiger partial charge on any atom is 0.264 e. The molecule has 1 aliphatic rings. The van der Waals surface area contributed by atoms with Crippen molar-refractivity contribution in [3.63, 3.8) is 0 Å². The summed E-state index contributed by atoms with van der Waals surface area (Å²) in [6, 6.07) is 3.68. The van der Waals surface area contributed by atoms with Gasteiger partial charge in [0.15, 0.2) is 12.4 Å². The minimum absolute atomic E-state index is 0.171. The topological polar surface area (TPSA) is 96.3 Å². The van der Waals surface area contributed by atoms with Crippen LogP contribution in [0.25, 0.3) is 0 Å². The zero-order valence-electron chi connectivity index (χ0n) is 12.1. The number of nitrogens with one attached hydrogen (secondary N) is 3. The normalized spacial score (nSPS) is 13.5. The molecular weight excluding hydrogens is 282 g/mol. The Morgan fingerprint density at radius 1 is 1.36 bits per heavy atom. The second-order valence-electron chi connectivity index (χ2n) is 5.44. The first-order valence-electron chi connectivity index (χ1n) is 7.37. The van der Waals surface area contributed by atoms with E-state index in [0.29, 0.717) is 12.0 Å². The molecule has 0 saturated heterocycles. The Labute approximate surface area is 127 Å². The highest BCUT2D eigenvalue weighted by Gasteiger charge is 2.23. The Hall–Kier alpha value is -2.63. The van der Waals surface area contributed by atoms with E-state index in [2.05, 4.69) is 15.3 Å². The van der Waals surface area contributed by atoms with Crippen LogP contribution in [-0.2, 0) is 19.4 Å². The van der Waals surface area contributed by atoms with E-state index in [-0.39, 0.29) is 17.9 Å². The molecule has 22 heavy (non-hydrogen) atoms. The summed E-state index contributed by atoms with van der Waals surface area (Å²) in [5.74, 6) is -0.730. The van der Waals surface area contributed by atoms with Crippen molar-refractivity contribution >= 4 is 5.91 Å². The second kappa shape index (κ2) is 6.01. The number of aromatic hydroxyl groups is 1.